The molecule has 1 aromatic heterocycles. The molecule has 0 aliphatic carbocycles. The predicted octanol–water partition coefficient (Wildman–Crippen LogP) is 1.71. The summed E-state index contributed by atoms with van der Waals surface area (Å²) >= 11 is 0. The van der Waals surface area contributed by atoms with Crippen molar-refractivity contribution in [3.05, 3.63) is 65.9 Å². The molecule has 0 radical (unpaired) electrons. The maximum Gasteiger partial charge on any atom is 0.244 e. The van der Waals surface area contributed by atoms with Crippen molar-refractivity contribution < 1.29 is 14.1 Å². The molecule has 116 valence electrons. The highest BCUT2D eigenvalue weighted by molar-refractivity contribution is 5.90. The first-order valence-corrected chi connectivity index (χ1v) is 7.12. The Morgan fingerprint density at radius 2 is 1.78 bits per heavy atom. The van der Waals surface area contributed by atoms with Crippen molar-refractivity contribution in [2.45, 2.75) is 12.5 Å². The molecule has 0 spiro atoms. The van der Waals surface area contributed by atoms with Crippen LogP contribution < -0.4 is 11.1 Å². The van der Waals surface area contributed by atoms with Crippen LogP contribution in [0.1, 0.15) is 17.3 Å². The first-order valence-electron chi connectivity index (χ1n) is 7.12. The highest BCUT2D eigenvalue weighted by atomic mass is 16.5. The molecule has 1 atom stereocenters. The second-order valence-corrected chi connectivity index (χ2v) is 5.12. The largest absolute Gasteiger partial charge is 0.368 e. The number of hydrogen-bond donors (Lipinski definition) is 2. The Kier molecular flexibility index (Phi) is 4.05. The number of fused-ring (bicyclic) bond motifs is 1. The fourth-order valence-corrected chi connectivity index (χ4v) is 2.39. The van der Waals surface area contributed by atoms with Gasteiger partial charge in [0.2, 0.25) is 11.8 Å². The third-order valence-corrected chi connectivity index (χ3v) is 3.50. The van der Waals surface area contributed by atoms with Gasteiger partial charge in [-0.3, -0.25) is 9.59 Å². The number of nitrogens with two attached hydrogens (primary N) is 1. The van der Waals surface area contributed by atoms with Crippen molar-refractivity contribution >= 4 is 22.8 Å². The molecule has 3 rings (SSSR count). The van der Waals surface area contributed by atoms with Gasteiger partial charge < -0.3 is 15.6 Å². The van der Waals surface area contributed by atoms with Crippen molar-refractivity contribution in [1.29, 1.82) is 0 Å². The Balaban J connectivity index is 1.76. The van der Waals surface area contributed by atoms with Crippen LogP contribution in [0.3, 0.4) is 0 Å². The third kappa shape index (κ3) is 3.21. The number of rotatable bonds is 5. The number of amides is 2. The van der Waals surface area contributed by atoms with Crippen molar-refractivity contribution in [2.75, 3.05) is 0 Å². The molecule has 6 nitrogen and oxygen atoms in total. The molecule has 3 N–H and O–H groups in total. The standard InChI is InChI=1S/C17H15N3O3/c18-17(22)16(11-6-2-1-3-7-11)19-15(21)10-13-12-8-4-5-9-14(12)23-20-13/h1-9,16H,10H2,(H2,18,22)(H,19,21)/t16-/m0/s1. The zero-order valence-electron chi connectivity index (χ0n) is 12.2. The summed E-state index contributed by atoms with van der Waals surface area (Å²) in [6.45, 7) is 0. The van der Waals surface area contributed by atoms with Crippen LogP contribution in [0.25, 0.3) is 11.0 Å². The van der Waals surface area contributed by atoms with Crippen LogP contribution in [0.5, 0.6) is 0 Å². The van der Waals surface area contributed by atoms with Crippen molar-refractivity contribution in [3.8, 4) is 0 Å². The minimum Gasteiger partial charge on any atom is -0.368 e. The second kappa shape index (κ2) is 6.31. The molecule has 2 aromatic carbocycles. The number of primary amides is 1. The van der Waals surface area contributed by atoms with Crippen LogP contribution in [0, 0.1) is 0 Å². The summed E-state index contributed by atoms with van der Waals surface area (Å²) < 4.78 is 5.17. The molecule has 6 heteroatoms. The molecule has 0 saturated carbocycles. The summed E-state index contributed by atoms with van der Waals surface area (Å²) in [5.74, 6) is -0.966. The third-order valence-electron chi connectivity index (χ3n) is 3.50. The first kappa shape index (κ1) is 14.8. The fraction of sp³-hybridized carbons (Fsp3) is 0.118. The van der Waals surface area contributed by atoms with Crippen LogP contribution in [-0.4, -0.2) is 17.0 Å². The topological polar surface area (TPSA) is 98.2 Å². The van der Waals surface area contributed by atoms with Gasteiger partial charge in [-0.2, -0.15) is 0 Å². The second-order valence-electron chi connectivity index (χ2n) is 5.12. The van der Waals surface area contributed by atoms with Crippen LogP contribution in [0.15, 0.2) is 59.1 Å². The van der Waals surface area contributed by atoms with E-state index >= 15 is 0 Å². The average molecular weight is 309 g/mol. The van der Waals surface area contributed by atoms with Crippen LogP contribution in [0.4, 0.5) is 0 Å². The minimum absolute atomic E-state index is 0.00757. The van der Waals surface area contributed by atoms with Crippen LogP contribution in [-0.2, 0) is 16.0 Å². The Labute approximate surface area is 132 Å². The van der Waals surface area contributed by atoms with E-state index in [1.165, 1.54) is 0 Å². The number of nitrogens with one attached hydrogen (secondary N) is 1. The van der Waals surface area contributed by atoms with E-state index in [9.17, 15) is 9.59 Å². The highest BCUT2D eigenvalue weighted by Crippen LogP contribution is 2.18. The zero-order valence-corrected chi connectivity index (χ0v) is 12.2. The number of carbonyl (C=O) groups is 2. The van der Waals surface area contributed by atoms with E-state index in [2.05, 4.69) is 10.5 Å². The van der Waals surface area contributed by atoms with Gasteiger partial charge in [0.15, 0.2) is 5.58 Å². The van der Waals surface area contributed by atoms with Gasteiger partial charge in [0.25, 0.3) is 0 Å². The van der Waals surface area contributed by atoms with Gasteiger partial charge in [0.1, 0.15) is 11.7 Å². The van der Waals surface area contributed by atoms with E-state index in [1.807, 2.05) is 24.3 Å². The Morgan fingerprint density at radius 1 is 1.09 bits per heavy atom. The number of benzene rings is 2. The van der Waals surface area contributed by atoms with E-state index in [4.69, 9.17) is 10.3 Å². The molecule has 23 heavy (non-hydrogen) atoms. The Morgan fingerprint density at radius 3 is 2.52 bits per heavy atom. The number of carbonyl (C=O) groups excluding carboxylic acids is 2. The quantitative estimate of drug-likeness (QED) is 0.749. The number of para-hydroxylation sites is 1. The van der Waals surface area contributed by atoms with Gasteiger partial charge in [-0.1, -0.05) is 47.6 Å². The van der Waals surface area contributed by atoms with E-state index in [-0.39, 0.29) is 12.3 Å². The van der Waals surface area contributed by atoms with Crippen molar-refractivity contribution in [1.82, 2.24) is 10.5 Å². The number of nitrogens with zero attached hydrogens (tertiary/aromatic N) is 1. The average Bonchev–Trinajstić information content (AvgIpc) is 2.96. The zero-order chi connectivity index (χ0) is 16.2. The lowest BCUT2D eigenvalue weighted by molar-refractivity contribution is -0.127. The molecule has 0 aliphatic rings. The predicted molar refractivity (Wildman–Crippen MR) is 84.2 cm³/mol. The van der Waals surface area contributed by atoms with Gasteiger partial charge >= 0.3 is 0 Å². The minimum atomic E-state index is -0.873. The molecule has 0 aliphatic heterocycles. The molecule has 3 aromatic rings. The fourth-order valence-electron chi connectivity index (χ4n) is 2.39. The van der Waals surface area contributed by atoms with Gasteiger partial charge in [0.05, 0.1) is 6.42 Å². The van der Waals surface area contributed by atoms with E-state index in [0.717, 1.165) is 5.39 Å². The van der Waals surface area contributed by atoms with Gasteiger partial charge in [0, 0.05) is 5.39 Å². The monoisotopic (exact) mass is 309 g/mol. The maximum atomic E-state index is 12.2. The lowest BCUT2D eigenvalue weighted by atomic mass is 10.1. The summed E-state index contributed by atoms with van der Waals surface area (Å²) in [5.41, 5.74) is 7.17. The summed E-state index contributed by atoms with van der Waals surface area (Å²) in [6.07, 6.45) is 0.00757. The van der Waals surface area contributed by atoms with E-state index < -0.39 is 11.9 Å². The molecule has 1 heterocycles. The van der Waals surface area contributed by atoms with Crippen LogP contribution >= 0.6 is 0 Å². The molecule has 0 fully saturated rings. The van der Waals surface area contributed by atoms with Gasteiger partial charge in [-0.15, -0.1) is 0 Å². The highest BCUT2D eigenvalue weighted by Gasteiger charge is 2.21. The maximum absolute atomic E-state index is 12.2. The van der Waals surface area contributed by atoms with Crippen LogP contribution in [0.2, 0.25) is 0 Å². The molecule has 2 amide bonds. The molecular weight excluding hydrogens is 294 g/mol. The van der Waals surface area contributed by atoms with Crippen molar-refractivity contribution in [3.63, 3.8) is 0 Å². The smallest absolute Gasteiger partial charge is 0.244 e. The number of hydrogen-bond acceptors (Lipinski definition) is 4. The Hall–Kier alpha value is -3.15. The van der Waals surface area contributed by atoms with Gasteiger partial charge in [-0.25, -0.2) is 0 Å². The number of aromatic nitrogens is 1. The SMILES string of the molecule is NC(=O)[C@@H](NC(=O)Cc1noc2ccccc12)c1ccccc1. The van der Waals surface area contributed by atoms with Crippen molar-refractivity contribution in [2.24, 2.45) is 5.73 Å². The van der Waals surface area contributed by atoms with Gasteiger partial charge in [-0.05, 0) is 17.7 Å². The lowest BCUT2D eigenvalue weighted by Gasteiger charge is -2.15. The van der Waals surface area contributed by atoms with E-state index in [0.29, 0.717) is 16.8 Å². The normalized spacial score (nSPS) is 12.0. The van der Waals surface area contributed by atoms with E-state index in [1.54, 1.807) is 30.3 Å². The summed E-state index contributed by atoms with van der Waals surface area (Å²) in [7, 11) is 0. The summed E-state index contributed by atoms with van der Waals surface area (Å²) in [6, 6.07) is 15.3. The molecule has 0 unspecified atom stereocenters. The molecule has 0 saturated heterocycles. The lowest BCUT2D eigenvalue weighted by Crippen LogP contribution is -2.38. The molecule has 0 bridgehead atoms. The molecular formula is C17H15N3O3. The Bertz CT molecular complexity index is 842. The summed E-state index contributed by atoms with van der Waals surface area (Å²) in [4.78, 5) is 23.9. The first-order chi connectivity index (χ1) is 11.1. The summed E-state index contributed by atoms with van der Waals surface area (Å²) in [5, 5.41) is 7.32.